The Bertz CT molecular complexity index is 1140. The van der Waals surface area contributed by atoms with Crippen LogP contribution in [-0.4, -0.2) is 12.5 Å². The predicted octanol–water partition coefficient (Wildman–Crippen LogP) is 6.53. The molecule has 1 amide bonds. The molecule has 4 aromatic carbocycles. The molecule has 0 aliphatic heterocycles. The summed E-state index contributed by atoms with van der Waals surface area (Å²) in [5.74, 6) is 1.20. The zero-order chi connectivity index (χ0) is 22.7. The third-order valence-corrected chi connectivity index (χ3v) is 5.21. The highest BCUT2D eigenvalue weighted by molar-refractivity contribution is 6.05. The predicted molar refractivity (Wildman–Crippen MR) is 132 cm³/mol. The fourth-order valence-electron chi connectivity index (χ4n) is 3.44. The molecule has 1 N–H and O–H groups in total. The number of anilines is 1. The number of aryl methyl sites for hydroxylation is 1. The molecule has 4 aromatic rings. The first-order valence-electron chi connectivity index (χ1n) is 11.1. The van der Waals surface area contributed by atoms with Crippen LogP contribution in [0.3, 0.4) is 0 Å². The SMILES string of the molecule is O=C(Nc1ccccc1OCc1ccccc1)c1ccc(OCCCc2ccccc2)cc1. The van der Waals surface area contributed by atoms with Crippen molar-refractivity contribution in [2.45, 2.75) is 19.4 Å². The lowest BCUT2D eigenvalue weighted by molar-refractivity contribution is 0.102. The highest BCUT2D eigenvalue weighted by Crippen LogP contribution is 2.25. The number of nitrogens with one attached hydrogen (secondary N) is 1. The van der Waals surface area contributed by atoms with Gasteiger partial charge in [0.15, 0.2) is 0 Å². The zero-order valence-electron chi connectivity index (χ0n) is 18.4. The number of carbonyl (C=O) groups is 1. The highest BCUT2D eigenvalue weighted by atomic mass is 16.5. The van der Waals surface area contributed by atoms with Gasteiger partial charge in [-0.15, -0.1) is 0 Å². The van der Waals surface area contributed by atoms with E-state index in [2.05, 4.69) is 17.4 Å². The average molecular weight is 438 g/mol. The second-order valence-corrected chi connectivity index (χ2v) is 7.69. The molecular formula is C29H27NO3. The maximum atomic E-state index is 12.8. The smallest absolute Gasteiger partial charge is 0.255 e. The van der Waals surface area contributed by atoms with Crippen molar-refractivity contribution in [1.82, 2.24) is 0 Å². The van der Waals surface area contributed by atoms with Gasteiger partial charge < -0.3 is 14.8 Å². The van der Waals surface area contributed by atoms with Crippen molar-refractivity contribution in [1.29, 1.82) is 0 Å². The van der Waals surface area contributed by atoms with Gasteiger partial charge in [0, 0.05) is 5.56 Å². The van der Waals surface area contributed by atoms with E-state index in [0.717, 1.165) is 24.2 Å². The molecule has 0 spiro atoms. The van der Waals surface area contributed by atoms with Crippen molar-refractivity contribution in [2.24, 2.45) is 0 Å². The number of benzene rings is 4. The summed E-state index contributed by atoms with van der Waals surface area (Å²) < 4.78 is 11.8. The monoisotopic (exact) mass is 437 g/mol. The third-order valence-electron chi connectivity index (χ3n) is 5.21. The molecule has 0 heterocycles. The molecule has 0 unspecified atom stereocenters. The van der Waals surface area contributed by atoms with E-state index in [0.29, 0.717) is 30.2 Å². The van der Waals surface area contributed by atoms with Crippen LogP contribution in [0.2, 0.25) is 0 Å². The van der Waals surface area contributed by atoms with Crippen molar-refractivity contribution < 1.29 is 14.3 Å². The van der Waals surface area contributed by atoms with Crippen LogP contribution in [0.15, 0.2) is 109 Å². The minimum absolute atomic E-state index is 0.193. The van der Waals surface area contributed by atoms with Gasteiger partial charge in [0.05, 0.1) is 12.3 Å². The molecule has 4 heteroatoms. The number of carbonyl (C=O) groups excluding carboxylic acids is 1. The van der Waals surface area contributed by atoms with E-state index in [9.17, 15) is 4.79 Å². The van der Waals surface area contributed by atoms with E-state index in [1.807, 2.05) is 84.9 Å². The van der Waals surface area contributed by atoms with Gasteiger partial charge in [-0.25, -0.2) is 0 Å². The van der Waals surface area contributed by atoms with Crippen LogP contribution in [0.25, 0.3) is 0 Å². The molecule has 33 heavy (non-hydrogen) atoms. The minimum atomic E-state index is -0.193. The molecule has 0 aliphatic carbocycles. The number of hydrogen-bond acceptors (Lipinski definition) is 3. The van der Waals surface area contributed by atoms with E-state index in [-0.39, 0.29) is 5.91 Å². The van der Waals surface area contributed by atoms with E-state index < -0.39 is 0 Å². The van der Waals surface area contributed by atoms with Crippen LogP contribution in [0, 0.1) is 0 Å². The lowest BCUT2D eigenvalue weighted by atomic mass is 10.1. The van der Waals surface area contributed by atoms with Crippen LogP contribution < -0.4 is 14.8 Å². The van der Waals surface area contributed by atoms with Crippen molar-refractivity contribution in [2.75, 3.05) is 11.9 Å². The number of hydrogen-bond donors (Lipinski definition) is 1. The molecule has 0 atom stereocenters. The lowest BCUT2D eigenvalue weighted by Crippen LogP contribution is -2.13. The molecule has 4 rings (SSSR count). The van der Waals surface area contributed by atoms with Crippen molar-refractivity contribution in [3.05, 3.63) is 126 Å². The summed E-state index contributed by atoms with van der Waals surface area (Å²) in [7, 11) is 0. The summed E-state index contributed by atoms with van der Waals surface area (Å²) in [4.78, 5) is 12.8. The second kappa shape index (κ2) is 11.5. The number of rotatable bonds is 10. The summed E-state index contributed by atoms with van der Waals surface area (Å²) >= 11 is 0. The Morgan fingerprint density at radius 3 is 2.03 bits per heavy atom. The first-order valence-corrected chi connectivity index (χ1v) is 11.1. The Balaban J connectivity index is 1.29. The summed E-state index contributed by atoms with van der Waals surface area (Å²) in [6, 6.07) is 35.0. The van der Waals surface area contributed by atoms with Gasteiger partial charge >= 0.3 is 0 Å². The number of ether oxygens (including phenoxy) is 2. The fourth-order valence-corrected chi connectivity index (χ4v) is 3.44. The Morgan fingerprint density at radius 2 is 1.30 bits per heavy atom. The van der Waals surface area contributed by atoms with Gasteiger partial charge in [-0.3, -0.25) is 4.79 Å². The molecule has 0 aliphatic rings. The Hall–Kier alpha value is -4.05. The van der Waals surface area contributed by atoms with Crippen LogP contribution in [0.5, 0.6) is 11.5 Å². The summed E-state index contributed by atoms with van der Waals surface area (Å²) in [6.45, 7) is 1.07. The highest BCUT2D eigenvalue weighted by Gasteiger charge is 2.10. The molecule has 0 aromatic heterocycles. The molecule has 0 radical (unpaired) electrons. The topological polar surface area (TPSA) is 47.6 Å². The van der Waals surface area contributed by atoms with Gasteiger partial charge in [-0.1, -0.05) is 72.8 Å². The molecule has 0 fully saturated rings. The molecular weight excluding hydrogens is 410 g/mol. The average Bonchev–Trinajstić information content (AvgIpc) is 2.88. The van der Waals surface area contributed by atoms with E-state index >= 15 is 0 Å². The van der Waals surface area contributed by atoms with Gasteiger partial charge in [0.1, 0.15) is 18.1 Å². The molecule has 0 bridgehead atoms. The third kappa shape index (κ3) is 6.71. The molecule has 166 valence electrons. The van der Waals surface area contributed by atoms with E-state index in [1.54, 1.807) is 12.1 Å². The van der Waals surface area contributed by atoms with Crippen molar-refractivity contribution in [3.63, 3.8) is 0 Å². The summed E-state index contributed by atoms with van der Waals surface area (Å²) in [5, 5.41) is 2.95. The standard InChI is InChI=1S/C29H27NO3/c31-29(30-27-15-7-8-16-28(27)33-22-24-12-5-2-6-13-24)25-17-19-26(20-18-25)32-21-9-14-23-10-3-1-4-11-23/h1-8,10-13,15-20H,9,14,21-22H2,(H,30,31). The molecule has 0 saturated carbocycles. The van der Waals surface area contributed by atoms with Crippen LogP contribution >= 0.6 is 0 Å². The van der Waals surface area contributed by atoms with Crippen LogP contribution in [-0.2, 0) is 13.0 Å². The quantitative estimate of drug-likeness (QED) is 0.287. The first-order chi connectivity index (χ1) is 16.3. The van der Waals surface area contributed by atoms with Gasteiger partial charge in [0.2, 0.25) is 0 Å². The van der Waals surface area contributed by atoms with Gasteiger partial charge in [0.25, 0.3) is 5.91 Å². The van der Waals surface area contributed by atoms with Crippen molar-refractivity contribution in [3.8, 4) is 11.5 Å². The van der Waals surface area contributed by atoms with Gasteiger partial charge in [-0.05, 0) is 60.4 Å². The van der Waals surface area contributed by atoms with Crippen molar-refractivity contribution >= 4 is 11.6 Å². The summed E-state index contributed by atoms with van der Waals surface area (Å²) in [5.41, 5.74) is 3.57. The van der Waals surface area contributed by atoms with Crippen LogP contribution in [0.1, 0.15) is 27.9 Å². The second-order valence-electron chi connectivity index (χ2n) is 7.69. The molecule has 0 saturated heterocycles. The largest absolute Gasteiger partial charge is 0.494 e. The Morgan fingerprint density at radius 1 is 0.667 bits per heavy atom. The lowest BCUT2D eigenvalue weighted by Gasteiger charge is -2.13. The van der Waals surface area contributed by atoms with E-state index in [1.165, 1.54) is 5.56 Å². The van der Waals surface area contributed by atoms with Gasteiger partial charge in [-0.2, -0.15) is 0 Å². The Labute approximate surface area is 194 Å². The number of amides is 1. The van der Waals surface area contributed by atoms with Crippen LogP contribution in [0.4, 0.5) is 5.69 Å². The number of para-hydroxylation sites is 2. The summed E-state index contributed by atoms with van der Waals surface area (Å²) in [6.07, 6.45) is 1.92. The first kappa shape index (κ1) is 22.2. The maximum Gasteiger partial charge on any atom is 0.255 e. The van der Waals surface area contributed by atoms with E-state index in [4.69, 9.17) is 9.47 Å². The Kier molecular flexibility index (Phi) is 7.74. The molecule has 4 nitrogen and oxygen atoms in total. The maximum absolute atomic E-state index is 12.8. The zero-order valence-corrected chi connectivity index (χ0v) is 18.4. The minimum Gasteiger partial charge on any atom is -0.494 e. The normalized spacial score (nSPS) is 10.4. The fraction of sp³-hybridized carbons (Fsp3) is 0.138.